The molecule has 1 N–H and O–H groups in total. The summed E-state index contributed by atoms with van der Waals surface area (Å²) in [5, 5.41) is 4.42. The molecule has 0 aliphatic carbocycles. The quantitative estimate of drug-likeness (QED) is 0.788. The van der Waals surface area contributed by atoms with E-state index in [2.05, 4.69) is 18.3 Å². The predicted molar refractivity (Wildman–Crippen MR) is 60.8 cm³/mol. The Morgan fingerprint density at radius 2 is 2.36 bits per heavy atom. The zero-order valence-corrected chi connectivity index (χ0v) is 9.27. The van der Waals surface area contributed by atoms with Crippen LogP contribution < -0.4 is 5.32 Å². The van der Waals surface area contributed by atoms with Crippen molar-refractivity contribution in [2.24, 2.45) is 0 Å². The van der Waals surface area contributed by atoms with Crippen molar-refractivity contribution in [3.05, 3.63) is 34.3 Å². The van der Waals surface area contributed by atoms with Crippen molar-refractivity contribution in [2.45, 2.75) is 32.2 Å². The van der Waals surface area contributed by atoms with Crippen molar-refractivity contribution in [3.8, 4) is 0 Å². The van der Waals surface area contributed by atoms with E-state index in [1.54, 1.807) is 0 Å². The zero-order valence-electron chi connectivity index (χ0n) is 8.52. The van der Waals surface area contributed by atoms with E-state index in [-0.39, 0.29) is 0 Å². The van der Waals surface area contributed by atoms with Crippen LogP contribution in [0, 0.1) is 0 Å². The van der Waals surface area contributed by atoms with Gasteiger partial charge < -0.3 is 5.32 Å². The summed E-state index contributed by atoms with van der Waals surface area (Å²) in [4.78, 5) is 0. The van der Waals surface area contributed by atoms with Crippen LogP contribution >= 0.6 is 11.6 Å². The number of halogens is 1. The van der Waals surface area contributed by atoms with Crippen LogP contribution in [-0.4, -0.2) is 6.54 Å². The molecule has 76 valence electrons. The Kier molecular flexibility index (Phi) is 3.09. The minimum Gasteiger partial charge on any atom is -0.310 e. The smallest absolute Gasteiger partial charge is 0.0456 e. The van der Waals surface area contributed by atoms with Gasteiger partial charge >= 0.3 is 0 Å². The molecule has 0 saturated carbocycles. The summed E-state index contributed by atoms with van der Waals surface area (Å²) in [5.41, 5.74) is 2.71. The third-order valence-corrected chi connectivity index (χ3v) is 3.26. The van der Waals surface area contributed by atoms with Crippen LogP contribution in [0.5, 0.6) is 0 Å². The summed E-state index contributed by atoms with van der Waals surface area (Å²) in [6.07, 6.45) is 3.55. The first-order chi connectivity index (χ1) is 6.83. The molecule has 1 aromatic rings. The highest BCUT2D eigenvalue weighted by Gasteiger charge is 2.20. The van der Waals surface area contributed by atoms with Gasteiger partial charge in [0.05, 0.1) is 0 Å². The third-order valence-electron chi connectivity index (χ3n) is 2.93. The molecule has 14 heavy (non-hydrogen) atoms. The van der Waals surface area contributed by atoms with Gasteiger partial charge in [-0.1, -0.05) is 30.7 Å². The maximum atomic E-state index is 6.25. The fraction of sp³-hybridized carbons (Fsp3) is 0.500. The third kappa shape index (κ3) is 1.79. The largest absolute Gasteiger partial charge is 0.310 e. The first kappa shape index (κ1) is 10.0. The van der Waals surface area contributed by atoms with Gasteiger partial charge in [0.15, 0.2) is 0 Å². The molecule has 1 nitrogen and oxygen atoms in total. The van der Waals surface area contributed by atoms with E-state index < -0.39 is 0 Å². The lowest BCUT2D eigenvalue weighted by Crippen LogP contribution is -2.15. The molecule has 1 aliphatic rings. The van der Waals surface area contributed by atoms with E-state index in [4.69, 9.17) is 11.6 Å². The molecule has 0 spiro atoms. The fourth-order valence-corrected chi connectivity index (χ4v) is 2.54. The van der Waals surface area contributed by atoms with Gasteiger partial charge in [-0.15, -0.1) is 0 Å². The summed E-state index contributed by atoms with van der Waals surface area (Å²) in [6.45, 7) is 3.31. The van der Waals surface area contributed by atoms with Gasteiger partial charge in [-0.25, -0.2) is 0 Å². The van der Waals surface area contributed by atoms with Crippen LogP contribution in [0.2, 0.25) is 5.02 Å². The molecule has 0 aromatic heterocycles. The van der Waals surface area contributed by atoms with Crippen LogP contribution in [0.25, 0.3) is 0 Å². The van der Waals surface area contributed by atoms with Gasteiger partial charge in [0, 0.05) is 11.1 Å². The highest BCUT2D eigenvalue weighted by atomic mass is 35.5. The summed E-state index contributed by atoms with van der Waals surface area (Å²) < 4.78 is 0. The van der Waals surface area contributed by atoms with E-state index in [9.17, 15) is 0 Å². The molecule has 1 heterocycles. The van der Waals surface area contributed by atoms with Crippen molar-refractivity contribution >= 4 is 11.6 Å². The van der Waals surface area contributed by atoms with Crippen LogP contribution in [0.4, 0.5) is 0 Å². The fourth-order valence-electron chi connectivity index (χ4n) is 2.21. The van der Waals surface area contributed by atoms with Crippen molar-refractivity contribution in [2.75, 3.05) is 6.54 Å². The predicted octanol–water partition coefficient (Wildman–Crippen LogP) is 3.33. The van der Waals surface area contributed by atoms with Crippen LogP contribution in [0.15, 0.2) is 18.2 Å². The highest BCUT2D eigenvalue weighted by Crippen LogP contribution is 2.32. The number of benzene rings is 1. The van der Waals surface area contributed by atoms with E-state index in [1.807, 2.05) is 12.1 Å². The topological polar surface area (TPSA) is 12.0 Å². The first-order valence-electron chi connectivity index (χ1n) is 5.33. The van der Waals surface area contributed by atoms with Crippen molar-refractivity contribution in [3.63, 3.8) is 0 Å². The Morgan fingerprint density at radius 3 is 3.00 bits per heavy atom. The molecule has 0 amide bonds. The molecule has 2 heteroatoms. The molecule has 1 saturated heterocycles. The zero-order chi connectivity index (χ0) is 9.97. The number of rotatable bonds is 2. The lowest BCUT2D eigenvalue weighted by Gasteiger charge is -2.16. The molecule has 0 radical (unpaired) electrons. The molecule has 0 bridgehead atoms. The van der Waals surface area contributed by atoms with E-state index in [1.165, 1.54) is 24.0 Å². The maximum Gasteiger partial charge on any atom is 0.0456 e. The van der Waals surface area contributed by atoms with Gasteiger partial charge in [0.1, 0.15) is 0 Å². The van der Waals surface area contributed by atoms with E-state index in [0.29, 0.717) is 6.04 Å². The van der Waals surface area contributed by atoms with Crippen molar-refractivity contribution < 1.29 is 0 Å². The summed E-state index contributed by atoms with van der Waals surface area (Å²) in [6, 6.07) is 6.70. The Bertz CT molecular complexity index is 316. The molecule has 1 atom stereocenters. The minimum absolute atomic E-state index is 0.485. The monoisotopic (exact) mass is 209 g/mol. The van der Waals surface area contributed by atoms with Gasteiger partial charge in [-0.2, -0.15) is 0 Å². The number of aryl methyl sites for hydroxylation is 1. The lowest BCUT2D eigenvalue weighted by molar-refractivity contribution is 0.641. The second-order valence-corrected chi connectivity index (χ2v) is 4.22. The Labute approximate surface area is 90.5 Å². The summed E-state index contributed by atoms with van der Waals surface area (Å²) >= 11 is 6.25. The van der Waals surface area contributed by atoms with Gasteiger partial charge in [-0.3, -0.25) is 0 Å². The number of hydrogen-bond acceptors (Lipinski definition) is 1. The van der Waals surface area contributed by atoms with Gasteiger partial charge in [-0.05, 0) is 43.0 Å². The Balaban J connectivity index is 2.37. The Morgan fingerprint density at radius 1 is 1.50 bits per heavy atom. The van der Waals surface area contributed by atoms with Gasteiger partial charge in [0.2, 0.25) is 0 Å². The minimum atomic E-state index is 0.485. The Hall–Kier alpha value is -0.530. The van der Waals surface area contributed by atoms with Crippen LogP contribution in [0.3, 0.4) is 0 Å². The average Bonchev–Trinajstić information content (AvgIpc) is 2.70. The van der Waals surface area contributed by atoms with Crippen LogP contribution in [0.1, 0.15) is 36.9 Å². The standard InChI is InChI=1S/C12H16ClN/c1-2-9-5-3-6-10(13)12(9)11-7-4-8-14-11/h3,5-6,11,14H,2,4,7-8H2,1H3. The lowest BCUT2D eigenvalue weighted by atomic mass is 9.97. The molecule has 2 rings (SSSR count). The van der Waals surface area contributed by atoms with Crippen molar-refractivity contribution in [1.82, 2.24) is 5.32 Å². The van der Waals surface area contributed by atoms with Crippen molar-refractivity contribution in [1.29, 1.82) is 0 Å². The molecule has 1 aromatic carbocycles. The average molecular weight is 210 g/mol. The maximum absolute atomic E-state index is 6.25. The summed E-state index contributed by atoms with van der Waals surface area (Å²) in [7, 11) is 0. The molecule has 1 aliphatic heterocycles. The number of nitrogens with one attached hydrogen (secondary N) is 1. The second-order valence-electron chi connectivity index (χ2n) is 3.82. The molecule has 1 unspecified atom stereocenters. The number of hydrogen-bond donors (Lipinski definition) is 1. The molecular weight excluding hydrogens is 194 g/mol. The summed E-state index contributed by atoms with van der Waals surface area (Å²) in [5.74, 6) is 0. The molecular formula is C12H16ClN. The van der Waals surface area contributed by atoms with E-state index >= 15 is 0 Å². The van der Waals surface area contributed by atoms with E-state index in [0.717, 1.165) is 18.0 Å². The second kappa shape index (κ2) is 4.33. The van der Waals surface area contributed by atoms with Crippen LogP contribution in [-0.2, 0) is 6.42 Å². The highest BCUT2D eigenvalue weighted by molar-refractivity contribution is 6.31. The normalized spacial score (nSPS) is 21.4. The first-order valence-corrected chi connectivity index (χ1v) is 5.71. The molecule has 1 fully saturated rings. The van der Waals surface area contributed by atoms with Gasteiger partial charge in [0.25, 0.3) is 0 Å². The SMILES string of the molecule is CCc1cccc(Cl)c1C1CCCN1.